The van der Waals surface area contributed by atoms with Gasteiger partial charge in [-0.25, -0.2) is 4.98 Å². The summed E-state index contributed by atoms with van der Waals surface area (Å²) >= 11 is 0. The minimum absolute atomic E-state index is 0.534. The van der Waals surface area contributed by atoms with Crippen LogP contribution in [0.2, 0.25) is 0 Å². The molecule has 1 atom stereocenters. The SMILES string of the molecule is CC(O)c1cc2ccccn2c1-c1cccc(CN2CCN(C)CC2)n1. The number of hydrogen-bond acceptors (Lipinski definition) is 4. The van der Waals surface area contributed by atoms with E-state index in [0.717, 1.165) is 60.9 Å². The predicted octanol–water partition coefficient (Wildman–Crippen LogP) is 2.80. The van der Waals surface area contributed by atoms with Crippen LogP contribution in [-0.2, 0) is 6.54 Å². The van der Waals surface area contributed by atoms with Gasteiger partial charge in [-0.3, -0.25) is 4.90 Å². The first-order valence-electron chi connectivity index (χ1n) is 9.27. The third kappa shape index (κ3) is 3.38. The van der Waals surface area contributed by atoms with Crippen LogP contribution < -0.4 is 0 Å². The number of likely N-dealkylation sites (N-methyl/N-ethyl adjacent to an activating group) is 1. The molecule has 0 amide bonds. The summed E-state index contributed by atoms with van der Waals surface area (Å²) < 4.78 is 2.12. The number of aliphatic hydroxyl groups is 1. The molecular weight excluding hydrogens is 324 g/mol. The van der Waals surface area contributed by atoms with Crippen LogP contribution in [0.1, 0.15) is 24.3 Å². The quantitative estimate of drug-likeness (QED) is 0.786. The summed E-state index contributed by atoms with van der Waals surface area (Å²) in [5.74, 6) is 0. The smallest absolute Gasteiger partial charge is 0.0877 e. The van der Waals surface area contributed by atoms with Crippen LogP contribution in [0.5, 0.6) is 0 Å². The Morgan fingerprint density at radius 3 is 2.65 bits per heavy atom. The van der Waals surface area contributed by atoms with Gasteiger partial charge in [-0.15, -0.1) is 0 Å². The van der Waals surface area contributed by atoms with Gasteiger partial charge in [0.05, 0.1) is 23.2 Å². The van der Waals surface area contributed by atoms with E-state index in [1.165, 1.54) is 0 Å². The van der Waals surface area contributed by atoms with Crippen LogP contribution in [0.25, 0.3) is 16.9 Å². The zero-order valence-electron chi connectivity index (χ0n) is 15.5. The number of aliphatic hydroxyl groups excluding tert-OH is 1. The van der Waals surface area contributed by atoms with Gasteiger partial charge in [0.15, 0.2) is 0 Å². The van der Waals surface area contributed by atoms with Crippen molar-refractivity contribution in [3.63, 3.8) is 0 Å². The molecule has 1 saturated heterocycles. The molecule has 0 saturated carbocycles. The van der Waals surface area contributed by atoms with Crippen LogP contribution >= 0.6 is 0 Å². The molecule has 5 nitrogen and oxygen atoms in total. The molecule has 4 rings (SSSR count). The average Bonchev–Trinajstić information content (AvgIpc) is 3.04. The molecule has 3 aromatic heterocycles. The minimum atomic E-state index is -0.534. The van der Waals surface area contributed by atoms with Crippen molar-refractivity contribution in [2.45, 2.75) is 19.6 Å². The van der Waals surface area contributed by atoms with E-state index < -0.39 is 6.10 Å². The predicted molar refractivity (Wildman–Crippen MR) is 104 cm³/mol. The summed E-state index contributed by atoms with van der Waals surface area (Å²) in [7, 11) is 2.17. The van der Waals surface area contributed by atoms with Crippen molar-refractivity contribution in [3.05, 3.63) is 59.9 Å². The zero-order chi connectivity index (χ0) is 18.1. The second-order valence-electron chi connectivity index (χ2n) is 7.21. The van der Waals surface area contributed by atoms with E-state index in [2.05, 4.69) is 45.5 Å². The highest BCUT2D eigenvalue weighted by molar-refractivity contribution is 5.70. The normalized spacial score (nSPS) is 17.7. The van der Waals surface area contributed by atoms with Gasteiger partial charge in [-0.05, 0) is 44.3 Å². The minimum Gasteiger partial charge on any atom is -0.389 e. The van der Waals surface area contributed by atoms with Crippen LogP contribution in [-0.4, -0.2) is 57.5 Å². The Bertz CT molecular complexity index is 894. The van der Waals surface area contributed by atoms with Crippen LogP contribution in [0.4, 0.5) is 0 Å². The highest BCUT2D eigenvalue weighted by Gasteiger charge is 2.18. The highest BCUT2D eigenvalue weighted by Crippen LogP contribution is 2.30. The Hall–Kier alpha value is -2.21. The first-order chi connectivity index (χ1) is 12.6. The van der Waals surface area contributed by atoms with Crippen molar-refractivity contribution in [1.82, 2.24) is 19.2 Å². The van der Waals surface area contributed by atoms with Gasteiger partial charge in [0, 0.05) is 50.0 Å². The van der Waals surface area contributed by atoms with Crippen molar-refractivity contribution in [1.29, 1.82) is 0 Å². The number of rotatable bonds is 4. The molecular formula is C21H26N4O. The molecule has 0 aliphatic carbocycles. The fourth-order valence-corrected chi connectivity index (χ4v) is 3.67. The maximum atomic E-state index is 10.3. The van der Waals surface area contributed by atoms with E-state index >= 15 is 0 Å². The third-order valence-electron chi connectivity index (χ3n) is 5.19. The Morgan fingerprint density at radius 1 is 1.08 bits per heavy atom. The van der Waals surface area contributed by atoms with E-state index in [-0.39, 0.29) is 0 Å². The zero-order valence-corrected chi connectivity index (χ0v) is 15.5. The average molecular weight is 350 g/mol. The van der Waals surface area contributed by atoms with Crippen LogP contribution in [0, 0.1) is 0 Å². The van der Waals surface area contributed by atoms with Crippen molar-refractivity contribution in [2.24, 2.45) is 0 Å². The van der Waals surface area contributed by atoms with E-state index in [1.807, 2.05) is 31.3 Å². The van der Waals surface area contributed by atoms with Gasteiger partial charge >= 0.3 is 0 Å². The van der Waals surface area contributed by atoms with E-state index in [0.29, 0.717) is 0 Å². The second kappa shape index (κ2) is 7.19. The number of nitrogens with zero attached hydrogens (tertiary/aromatic N) is 4. The van der Waals surface area contributed by atoms with Crippen molar-refractivity contribution in [3.8, 4) is 11.4 Å². The molecule has 1 unspecified atom stereocenters. The maximum absolute atomic E-state index is 10.3. The highest BCUT2D eigenvalue weighted by atomic mass is 16.3. The number of fused-ring (bicyclic) bond motifs is 1. The molecule has 1 aliphatic rings. The topological polar surface area (TPSA) is 44.0 Å². The Labute approximate surface area is 154 Å². The summed E-state index contributed by atoms with van der Waals surface area (Å²) in [5.41, 5.74) is 4.97. The van der Waals surface area contributed by atoms with E-state index in [1.54, 1.807) is 0 Å². The largest absolute Gasteiger partial charge is 0.389 e. The monoisotopic (exact) mass is 350 g/mol. The molecule has 0 bridgehead atoms. The number of aromatic nitrogens is 2. The molecule has 0 spiro atoms. The molecule has 0 radical (unpaired) electrons. The molecule has 1 aliphatic heterocycles. The molecule has 26 heavy (non-hydrogen) atoms. The summed E-state index contributed by atoms with van der Waals surface area (Å²) in [6.45, 7) is 7.05. The summed E-state index contributed by atoms with van der Waals surface area (Å²) in [6, 6.07) is 14.3. The first-order valence-corrected chi connectivity index (χ1v) is 9.27. The molecule has 5 heteroatoms. The van der Waals surface area contributed by atoms with Gasteiger partial charge < -0.3 is 14.4 Å². The lowest BCUT2D eigenvalue weighted by molar-refractivity contribution is 0.147. The fourth-order valence-electron chi connectivity index (χ4n) is 3.67. The Morgan fingerprint density at radius 2 is 1.88 bits per heavy atom. The van der Waals surface area contributed by atoms with Gasteiger partial charge in [0.2, 0.25) is 0 Å². The summed E-state index contributed by atoms with van der Waals surface area (Å²) in [4.78, 5) is 9.75. The number of hydrogen-bond donors (Lipinski definition) is 1. The first kappa shape index (κ1) is 17.2. The molecule has 1 N–H and O–H groups in total. The fraction of sp³-hybridized carbons (Fsp3) is 0.381. The Kier molecular flexibility index (Phi) is 4.76. The molecule has 4 heterocycles. The van der Waals surface area contributed by atoms with E-state index in [9.17, 15) is 5.11 Å². The van der Waals surface area contributed by atoms with E-state index in [4.69, 9.17) is 4.98 Å². The molecule has 3 aromatic rings. The molecule has 0 aromatic carbocycles. The van der Waals surface area contributed by atoms with Crippen LogP contribution in [0.15, 0.2) is 48.7 Å². The number of pyridine rings is 2. The number of piperazine rings is 1. The Balaban J connectivity index is 1.68. The van der Waals surface area contributed by atoms with Gasteiger partial charge in [0.25, 0.3) is 0 Å². The van der Waals surface area contributed by atoms with Gasteiger partial charge in [-0.2, -0.15) is 0 Å². The second-order valence-corrected chi connectivity index (χ2v) is 7.21. The third-order valence-corrected chi connectivity index (χ3v) is 5.19. The molecule has 136 valence electrons. The lowest BCUT2D eigenvalue weighted by Crippen LogP contribution is -2.44. The van der Waals surface area contributed by atoms with Crippen molar-refractivity contribution in [2.75, 3.05) is 33.2 Å². The van der Waals surface area contributed by atoms with Crippen LogP contribution in [0.3, 0.4) is 0 Å². The summed E-state index contributed by atoms with van der Waals surface area (Å²) in [5, 5.41) is 10.3. The van der Waals surface area contributed by atoms with Gasteiger partial charge in [0.1, 0.15) is 0 Å². The summed E-state index contributed by atoms with van der Waals surface area (Å²) in [6.07, 6.45) is 1.50. The maximum Gasteiger partial charge on any atom is 0.0877 e. The standard InChI is InChI=1S/C21H26N4O/c1-16(26)19-14-18-7-3-4-9-25(18)21(19)20-8-5-6-17(22-20)15-24-12-10-23(2)11-13-24/h3-9,14,16,26H,10-13,15H2,1-2H3. The lowest BCUT2D eigenvalue weighted by Gasteiger charge is -2.32. The van der Waals surface area contributed by atoms with Crippen molar-refractivity contribution < 1.29 is 5.11 Å². The molecule has 1 fully saturated rings. The van der Waals surface area contributed by atoms with Gasteiger partial charge in [-0.1, -0.05) is 12.1 Å². The lowest BCUT2D eigenvalue weighted by atomic mass is 10.1. The van der Waals surface area contributed by atoms with Crippen molar-refractivity contribution >= 4 is 5.52 Å².